The van der Waals surface area contributed by atoms with Crippen LogP contribution in [0.5, 0.6) is 0 Å². The first-order valence-corrected chi connectivity index (χ1v) is 7.61. The van der Waals surface area contributed by atoms with Gasteiger partial charge < -0.3 is 5.32 Å². The standard InChI is InChI=1S/C18H16N4O/c23-17(18(8-9-18)14-4-2-1-3-5-14)20-16-12-15(21-22-16)13-6-10-19-11-7-13/h1-7,10-12H,8-9H2,(H2,20,21,22,23). The highest BCUT2D eigenvalue weighted by Crippen LogP contribution is 2.48. The molecule has 5 nitrogen and oxygen atoms in total. The van der Waals surface area contributed by atoms with E-state index in [0.29, 0.717) is 5.82 Å². The van der Waals surface area contributed by atoms with Crippen molar-refractivity contribution >= 4 is 11.7 Å². The summed E-state index contributed by atoms with van der Waals surface area (Å²) < 4.78 is 0. The molecule has 1 saturated carbocycles. The van der Waals surface area contributed by atoms with E-state index in [1.807, 2.05) is 48.5 Å². The molecule has 2 N–H and O–H groups in total. The van der Waals surface area contributed by atoms with Crippen LogP contribution in [0.1, 0.15) is 18.4 Å². The Hall–Kier alpha value is -2.95. The van der Waals surface area contributed by atoms with Crippen LogP contribution in [0.25, 0.3) is 11.3 Å². The molecule has 2 aromatic heterocycles. The third-order valence-electron chi connectivity index (χ3n) is 4.32. The number of aromatic nitrogens is 3. The number of hydrogen-bond acceptors (Lipinski definition) is 3. The molecule has 1 aliphatic carbocycles. The lowest BCUT2D eigenvalue weighted by molar-refractivity contribution is -0.118. The molecule has 1 aliphatic rings. The highest BCUT2D eigenvalue weighted by Gasteiger charge is 2.51. The van der Waals surface area contributed by atoms with Gasteiger partial charge in [-0.3, -0.25) is 14.9 Å². The van der Waals surface area contributed by atoms with Gasteiger partial charge in [-0.05, 0) is 30.5 Å². The first kappa shape index (κ1) is 13.7. The van der Waals surface area contributed by atoms with E-state index in [0.717, 1.165) is 29.7 Å². The van der Waals surface area contributed by atoms with Gasteiger partial charge in [0.1, 0.15) is 0 Å². The van der Waals surface area contributed by atoms with Crippen LogP contribution in [0.3, 0.4) is 0 Å². The monoisotopic (exact) mass is 304 g/mol. The van der Waals surface area contributed by atoms with Gasteiger partial charge in [-0.1, -0.05) is 30.3 Å². The summed E-state index contributed by atoms with van der Waals surface area (Å²) >= 11 is 0. The topological polar surface area (TPSA) is 70.7 Å². The summed E-state index contributed by atoms with van der Waals surface area (Å²) in [5, 5.41) is 10.1. The summed E-state index contributed by atoms with van der Waals surface area (Å²) in [6, 6.07) is 15.6. The molecule has 0 bridgehead atoms. The van der Waals surface area contributed by atoms with Crippen LogP contribution in [0.4, 0.5) is 5.82 Å². The molecular weight excluding hydrogens is 288 g/mol. The van der Waals surface area contributed by atoms with Crippen molar-refractivity contribution in [2.45, 2.75) is 18.3 Å². The van der Waals surface area contributed by atoms with E-state index < -0.39 is 5.41 Å². The SMILES string of the molecule is O=C(Nc1cc(-c2ccncc2)[nH]n1)C1(c2ccccc2)CC1. The molecule has 114 valence electrons. The molecule has 23 heavy (non-hydrogen) atoms. The molecule has 0 atom stereocenters. The van der Waals surface area contributed by atoms with Crippen molar-refractivity contribution in [2.75, 3.05) is 5.32 Å². The minimum atomic E-state index is -0.392. The van der Waals surface area contributed by atoms with Gasteiger partial charge >= 0.3 is 0 Å². The van der Waals surface area contributed by atoms with Crippen LogP contribution in [0, 0.1) is 0 Å². The van der Waals surface area contributed by atoms with E-state index in [1.54, 1.807) is 12.4 Å². The zero-order valence-corrected chi connectivity index (χ0v) is 12.5. The van der Waals surface area contributed by atoms with Crippen molar-refractivity contribution in [3.63, 3.8) is 0 Å². The molecule has 0 saturated heterocycles. The van der Waals surface area contributed by atoms with Crippen LogP contribution in [-0.2, 0) is 10.2 Å². The minimum Gasteiger partial charge on any atom is -0.308 e. The molecule has 4 rings (SSSR count). The first-order valence-electron chi connectivity index (χ1n) is 7.61. The second-order valence-corrected chi connectivity index (χ2v) is 5.81. The number of benzene rings is 1. The molecule has 0 radical (unpaired) electrons. The van der Waals surface area contributed by atoms with Gasteiger partial charge in [-0.2, -0.15) is 5.10 Å². The van der Waals surface area contributed by atoms with Crippen LogP contribution in [0.15, 0.2) is 60.9 Å². The summed E-state index contributed by atoms with van der Waals surface area (Å²) in [5.41, 5.74) is 2.52. The number of carbonyl (C=O) groups excluding carboxylic acids is 1. The van der Waals surface area contributed by atoms with E-state index in [9.17, 15) is 4.79 Å². The molecule has 1 fully saturated rings. The van der Waals surface area contributed by atoms with Gasteiger partial charge in [0.2, 0.25) is 5.91 Å². The Morgan fingerprint density at radius 3 is 2.52 bits per heavy atom. The van der Waals surface area contributed by atoms with Crippen molar-refractivity contribution < 1.29 is 4.79 Å². The van der Waals surface area contributed by atoms with Gasteiger partial charge in [0.05, 0.1) is 11.1 Å². The lowest BCUT2D eigenvalue weighted by atomic mass is 9.95. The quantitative estimate of drug-likeness (QED) is 0.778. The number of nitrogens with one attached hydrogen (secondary N) is 2. The maximum absolute atomic E-state index is 12.7. The van der Waals surface area contributed by atoms with E-state index in [-0.39, 0.29) is 5.91 Å². The van der Waals surface area contributed by atoms with Gasteiger partial charge in [0.25, 0.3) is 0 Å². The van der Waals surface area contributed by atoms with Gasteiger partial charge in [0.15, 0.2) is 5.82 Å². The molecule has 2 heterocycles. The van der Waals surface area contributed by atoms with Crippen molar-refractivity contribution in [2.24, 2.45) is 0 Å². The molecule has 1 aromatic carbocycles. The predicted octanol–water partition coefficient (Wildman–Crippen LogP) is 3.14. The first-order chi connectivity index (χ1) is 11.3. The van der Waals surface area contributed by atoms with E-state index in [1.165, 1.54) is 0 Å². The fourth-order valence-electron chi connectivity index (χ4n) is 2.83. The average molecular weight is 304 g/mol. The normalized spacial score (nSPS) is 15.1. The fraction of sp³-hybridized carbons (Fsp3) is 0.167. The highest BCUT2D eigenvalue weighted by molar-refractivity contribution is 6.01. The lowest BCUT2D eigenvalue weighted by Gasteiger charge is -2.14. The van der Waals surface area contributed by atoms with Crippen molar-refractivity contribution in [3.05, 3.63) is 66.5 Å². The van der Waals surface area contributed by atoms with Crippen LogP contribution >= 0.6 is 0 Å². The third-order valence-corrected chi connectivity index (χ3v) is 4.32. The summed E-state index contributed by atoms with van der Waals surface area (Å²) in [4.78, 5) is 16.7. The Morgan fingerprint density at radius 1 is 1.09 bits per heavy atom. The largest absolute Gasteiger partial charge is 0.308 e. The Morgan fingerprint density at radius 2 is 1.83 bits per heavy atom. The second kappa shape index (κ2) is 5.35. The number of hydrogen-bond donors (Lipinski definition) is 2. The molecule has 0 aliphatic heterocycles. The number of nitrogens with zero attached hydrogens (tertiary/aromatic N) is 2. The number of aromatic amines is 1. The molecule has 3 aromatic rings. The van der Waals surface area contributed by atoms with Gasteiger partial charge in [0, 0.05) is 24.0 Å². The van der Waals surface area contributed by atoms with Crippen LogP contribution in [0.2, 0.25) is 0 Å². The average Bonchev–Trinajstić information content (AvgIpc) is 3.30. The third kappa shape index (κ3) is 2.50. The number of amides is 1. The second-order valence-electron chi connectivity index (χ2n) is 5.81. The zero-order valence-electron chi connectivity index (χ0n) is 12.5. The molecule has 0 unspecified atom stereocenters. The van der Waals surface area contributed by atoms with E-state index >= 15 is 0 Å². The molecular formula is C18H16N4O. The van der Waals surface area contributed by atoms with Crippen molar-refractivity contribution in [3.8, 4) is 11.3 Å². The summed E-state index contributed by atoms with van der Waals surface area (Å²) in [6.45, 7) is 0. The fourth-order valence-corrected chi connectivity index (χ4v) is 2.83. The Bertz CT molecular complexity index is 822. The Kier molecular flexibility index (Phi) is 3.19. The summed E-state index contributed by atoms with van der Waals surface area (Å²) in [6.07, 6.45) is 5.21. The smallest absolute Gasteiger partial charge is 0.236 e. The number of pyridine rings is 1. The minimum absolute atomic E-state index is 0.0106. The van der Waals surface area contributed by atoms with Crippen molar-refractivity contribution in [1.82, 2.24) is 15.2 Å². The predicted molar refractivity (Wildman–Crippen MR) is 87.8 cm³/mol. The van der Waals surface area contributed by atoms with Crippen molar-refractivity contribution in [1.29, 1.82) is 0 Å². The number of H-pyrrole nitrogens is 1. The highest BCUT2D eigenvalue weighted by atomic mass is 16.2. The molecule has 1 amide bonds. The van der Waals surface area contributed by atoms with Crippen LogP contribution in [-0.4, -0.2) is 21.1 Å². The number of carbonyl (C=O) groups is 1. The molecule has 0 spiro atoms. The van der Waals surface area contributed by atoms with Gasteiger partial charge in [-0.25, -0.2) is 0 Å². The maximum atomic E-state index is 12.7. The van der Waals surface area contributed by atoms with Crippen LogP contribution < -0.4 is 5.32 Å². The van der Waals surface area contributed by atoms with E-state index in [2.05, 4.69) is 20.5 Å². The summed E-state index contributed by atoms with van der Waals surface area (Å²) in [5.74, 6) is 0.556. The Balaban J connectivity index is 1.53. The maximum Gasteiger partial charge on any atom is 0.236 e. The summed E-state index contributed by atoms with van der Waals surface area (Å²) in [7, 11) is 0. The lowest BCUT2D eigenvalue weighted by Crippen LogP contribution is -2.27. The molecule has 5 heteroatoms. The number of anilines is 1. The van der Waals surface area contributed by atoms with E-state index in [4.69, 9.17) is 0 Å². The Labute approximate surface area is 133 Å². The van der Waals surface area contributed by atoms with Gasteiger partial charge in [-0.15, -0.1) is 0 Å². The zero-order chi connectivity index (χ0) is 15.7. The number of rotatable bonds is 4.